The van der Waals surface area contributed by atoms with Crippen molar-refractivity contribution in [1.29, 1.82) is 0 Å². The Morgan fingerprint density at radius 1 is 0.741 bits per heavy atom. The van der Waals surface area contributed by atoms with Gasteiger partial charge in [-0.25, -0.2) is 0 Å². The van der Waals surface area contributed by atoms with Gasteiger partial charge >= 0.3 is 0 Å². The highest BCUT2D eigenvalue weighted by atomic mass is 16.2. The van der Waals surface area contributed by atoms with E-state index < -0.39 is 0 Å². The molecule has 2 amide bonds. The van der Waals surface area contributed by atoms with E-state index in [9.17, 15) is 9.59 Å². The Bertz CT molecular complexity index is 1160. The minimum atomic E-state index is -0.243. The van der Waals surface area contributed by atoms with Crippen molar-refractivity contribution in [2.75, 3.05) is 6.54 Å². The number of imide groups is 1. The summed E-state index contributed by atoms with van der Waals surface area (Å²) in [6.07, 6.45) is 3.64. The van der Waals surface area contributed by atoms with Crippen molar-refractivity contribution in [3.63, 3.8) is 0 Å². The van der Waals surface area contributed by atoms with Gasteiger partial charge in [0.25, 0.3) is 11.8 Å². The van der Waals surface area contributed by atoms with Crippen molar-refractivity contribution >= 4 is 44.8 Å². The van der Waals surface area contributed by atoms with Crippen molar-refractivity contribution in [2.45, 2.75) is 6.92 Å². The maximum Gasteiger partial charge on any atom is 0.262 e. The molecule has 2 N–H and O–H groups in total. The Morgan fingerprint density at radius 3 is 1.63 bits per heavy atom. The van der Waals surface area contributed by atoms with Gasteiger partial charge in [-0.05, 0) is 19.1 Å². The zero-order chi connectivity index (χ0) is 18.5. The molecule has 132 valence electrons. The summed E-state index contributed by atoms with van der Waals surface area (Å²) in [7, 11) is 0. The van der Waals surface area contributed by atoms with Gasteiger partial charge in [0.2, 0.25) is 0 Å². The molecule has 3 heterocycles. The van der Waals surface area contributed by atoms with E-state index >= 15 is 0 Å². The van der Waals surface area contributed by atoms with Gasteiger partial charge < -0.3 is 9.97 Å². The Morgan fingerprint density at radius 2 is 1.19 bits per heavy atom. The molecule has 0 bridgehead atoms. The van der Waals surface area contributed by atoms with Gasteiger partial charge in [-0.2, -0.15) is 0 Å². The van der Waals surface area contributed by atoms with Gasteiger partial charge in [0.05, 0.1) is 11.1 Å². The standard InChI is InChI=1S/C22H17N3O2/c1-2-25-21(26)19(15-11-23-17-9-5-3-7-13(15)17)20(22(25)27)16-12-24-18-10-6-4-8-14(16)18/h3-12,23-24H,2H2,1H3. The van der Waals surface area contributed by atoms with Crippen molar-refractivity contribution < 1.29 is 9.59 Å². The summed E-state index contributed by atoms with van der Waals surface area (Å²) in [5, 5.41) is 1.87. The molecule has 1 aliphatic heterocycles. The summed E-state index contributed by atoms with van der Waals surface area (Å²) in [6, 6.07) is 15.6. The number of fused-ring (bicyclic) bond motifs is 2. The molecule has 0 radical (unpaired) electrons. The maximum atomic E-state index is 13.2. The van der Waals surface area contributed by atoms with Gasteiger partial charge in [0.1, 0.15) is 0 Å². The van der Waals surface area contributed by atoms with E-state index in [4.69, 9.17) is 0 Å². The molecule has 5 heteroatoms. The topological polar surface area (TPSA) is 69.0 Å². The van der Waals surface area contributed by atoms with Crippen LogP contribution in [0.4, 0.5) is 0 Å². The Kier molecular flexibility index (Phi) is 3.31. The summed E-state index contributed by atoms with van der Waals surface area (Å²) in [5.41, 5.74) is 4.33. The number of H-pyrrole nitrogens is 2. The number of carbonyl (C=O) groups excluding carboxylic acids is 2. The summed E-state index contributed by atoms with van der Waals surface area (Å²) in [6.45, 7) is 2.16. The number of hydrogen-bond donors (Lipinski definition) is 2. The lowest BCUT2D eigenvalue weighted by Crippen LogP contribution is -2.31. The smallest absolute Gasteiger partial charge is 0.262 e. The van der Waals surface area contributed by atoms with E-state index in [-0.39, 0.29) is 11.8 Å². The summed E-state index contributed by atoms with van der Waals surface area (Å²) in [4.78, 5) is 34.0. The van der Waals surface area contributed by atoms with Crippen LogP contribution in [0.25, 0.3) is 33.0 Å². The fourth-order valence-electron chi connectivity index (χ4n) is 3.92. The van der Waals surface area contributed by atoms with E-state index in [0.717, 1.165) is 32.9 Å². The predicted octanol–water partition coefficient (Wildman–Crippen LogP) is 3.95. The molecule has 4 aromatic rings. The molecular formula is C22H17N3O2. The molecule has 2 aromatic carbocycles. The third kappa shape index (κ3) is 2.11. The Hall–Kier alpha value is -3.60. The number of benzene rings is 2. The first-order valence-corrected chi connectivity index (χ1v) is 8.94. The lowest BCUT2D eigenvalue weighted by Gasteiger charge is -2.11. The fourth-order valence-corrected chi connectivity index (χ4v) is 3.92. The van der Waals surface area contributed by atoms with Crippen molar-refractivity contribution in [1.82, 2.24) is 14.9 Å². The second kappa shape index (κ2) is 5.71. The number of rotatable bonds is 3. The number of carbonyl (C=O) groups is 2. The largest absolute Gasteiger partial charge is 0.361 e. The van der Waals surface area contributed by atoms with Crippen LogP contribution in [0, 0.1) is 0 Å². The SMILES string of the molecule is CCN1C(=O)C(c2c[nH]c3ccccc23)=C(c2c[nH]c3ccccc23)C1=O. The minimum absolute atomic E-state index is 0.243. The molecule has 0 fully saturated rings. The molecular weight excluding hydrogens is 338 g/mol. The third-order valence-electron chi connectivity index (χ3n) is 5.20. The molecule has 0 saturated carbocycles. The van der Waals surface area contributed by atoms with E-state index in [2.05, 4.69) is 9.97 Å². The number of nitrogens with zero attached hydrogens (tertiary/aromatic N) is 1. The Labute approximate surface area is 155 Å². The predicted molar refractivity (Wildman–Crippen MR) is 106 cm³/mol. The first-order chi connectivity index (χ1) is 13.2. The quantitative estimate of drug-likeness (QED) is 0.546. The van der Waals surface area contributed by atoms with E-state index in [1.54, 1.807) is 0 Å². The van der Waals surface area contributed by atoms with E-state index in [0.29, 0.717) is 17.7 Å². The average molecular weight is 355 g/mol. The average Bonchev–Trinajstić information content (AvgIpc) is 3.36. The molecule has 0 unspecified atom stereocenters. The third-order valence-corrected chi connectivity index (χ3v) is 5.20. The molecule has 27 heavy (non-hydrogen) atoms. The molecule has 0 aliphatic carbocycles. The number of aromatic amines is 2. The number of nitrogens with one attached hydrogen (secondary N) is 2. The lowest BCUT2D eigenvalue weighted by molar-refractivity contribution is -0.135. The van der Waals surface area contributed by atoms with Crippen LogP contribution in [0.5, 0.6) is 0 Å². The van der Waals surface area contributed by atoms with Crippen LogP contribution in [-0.2, 0) is 9.59 Å². The van der Waals surface area contributed by atoms with Gasteiger partial charge in [0, 0.05) is 51.9 Å². The van der Waals surface area contributed by atoms with Gasteiger partial charge in [-0.1, -0.05) is 36.4 Å². The number of hydrogen-bond acceptors (Lipinski definition) is 2. The van der Waals surface area contributed by atoms with Crippen molar-refractivity contribution in [2.24, 2.45) is 0 Å². The van der Waals surface area contributed by atoms with Crippen LogP contribution in [-0.4, -0.2) is 33.2 Å². The first-order valence-electron chi connectivity index (χ1n) is 8.94. The van der Waals surface area contributed by atoms with Gasteiger partial charge in [0.15, 0.2) is 0 Å². The van der Waals surface area contributed by atoms with E-state index in [1.165, 1.54) is 4.90 Å². The highest BCUT2D eigenvalue weighted by molar-refractivity contribution is 6.50. The highest BCUT2D eigenvalue weighted by Crippen LogP contribution is 2.40. The zero-order valence-corrected chi connectivity index (χ0v) is 14.7. The van der Waals surface area contributed by atoms with Crippen LogP contribution in [0.3, 0.4) is 0 Å². The minimum Gasteiger partial charge on any atom is -0.361 e. The molecule has 1 aliphatic rings. The second-order valence-corrected chi connectivity index (χ2v) is 6.60. The normalized spacial score (nSPS) is 14.9. The van der Waals surface area contributed by atoms with Crippen molar-refractivity contribution in [3.8, 4) is 0 Å². The first kappa shape index (κ1) is 15.6. The summed E-state index contributed by atoms with van der Waals surface area (Å²) >= 11 is 0. The van der Waals surface area contributed by atoms with Gasteiger partial charge in [-0.15, -0.1) is 0 Å². The fraction of sp³-hybridized carbons (Fsp3) is 0.0909. The number of aromatic nitrogens is 2. The number of amides is 2. The molecule has 0 saturated heterocycles. The molecule has 0 spiro atoms. The van der Waals surface area contributed by atoms with Crippen LogP contribution in [0.2, 0.25) is 0 Å². The van der Waals surface area contributed by atoms with Crippen LogP contribution in [0.15, 0.2) is 60.9 Å². The summed E-state index contributed by atoms with van der Waals surface area (Å²) < 4.78 is 0. The van der Waals surface area contributed by atoms with Crippen LogP contribution < -0.4 is 0 Å². The molecule has 5 rings (SSSR count). The second-order valence-electron chi connectivity index (χ2n) is 6.60. The van der Waals surface area contributed by atoms with Crippen LogP contribution in [0.1, 0.15) is 18.1 Å². The van der Waals surface area contributed by atoms with E-state index in [1.807, 2.05) is 67.8 Å². The van der Waals surface area contributed by atoms with Crippen molar-refractivity contribution in [3.05, 3.63) is 72.1 Å². The summed E-state index contributed by atoms with van der Waals surface area (Å²) in [5.74, 6) is -0.486. The zero-order valence-electron chi connectivity index (χ0n) is 14.7. The maximum absolute atomic E-state index is 13.2. The highest BCUT2D eigenvalue weighted by Gasteiger charge is 2.40. The molecule has 0 atom stereocenters. The monoisotopic (exact) mass is 355 g/mol. The lowest BCUT2D eigenvalue weighted by atomic mass is 9.95. The number of para-hydroxylation sites is 2. The van der Waals surface area contributed by atoms with Gasteiger partial charge in [-0.3, -0.25) is 14.5 Å². The Balaban J connectivity index is 1.85. The molecule has 5 nitrogen and oxygen atoms in total. The molecule has 2 aromatic heterocycles. The number of likely N-dealkylation sites (N-methyl/N-ethyl adjacent to an activating group) is 1. The van der Waals surface area contributed by atoms with Crippen LogP contribution >= 0.6 is 0 Å².